The second kappa shape index (κ2) is 5.96. The first-order valence-electron chi connectivity index (χ1n) is 7.91. The van der Waals surface area contributed by atoms with Crippen LogP contribution in [0, 0.1) is 6.92 Å². The first-order valence-corrected chi connectivity index (χ1v) is 7.91. The molecule has 128 valence electrons. The van der Waals surface area contributed by atoms with Crippen molar-refractivity contribution in [3.8, 4) is 11.6 Å². The maximum atomic E-state index is 12.3. The van der Waals surface area contributed by atoms with Crippen molar-refractivity contribution in [3.05, 3.63) is 80.1 Å². The van der Waals surface area contributed by atoms with Gasteiger partial charge in [0.2, 0.25) is 5.88 Å². The maximum absolute atomic E-state index is 12.3. The molecule has 1 aliphatic rings. The molecule has 0 saturated heterocycles. The highest BCUT2D eigenvalue weighted by Gasteiger charge is 2.18. The van der Waals surface area contributed by atoms with Crippen LogP contribution in [0.2, 0.25) is 0 Å². The van der Waals surface area contributed by atoms with E-state index < -0.39 is 17.1 Å². The van der Waals surface area contributed by atoms with Crippen molar-refractivity contribution in [3.63, 3.8) is 0 Å². The van der Waals surface area contributed by atoms with Gasteiger partial charge in [-0.25, -0.2) is 19.3 Å². The lowest BCUT2D eigenvalue weighted by molar-refractivity contribution is 0.429. The van der Waals surface area contributed by atoms with Crippen LogP contribution in [0.25, 0.3) is 17.3 Å². The highest BCUT2D eigenvalue weighted by atomic mass is 16.3. The molecule has 0 spiro atoms. The number of aromatic nitrogens is 3. The Balaban J connectivity index is 1.93. The third-order valence-electron chi connectivity index (χ3n) is 4.10. The lowest BCUT2D eigenvalue weighted by Crippen LogP contribution is -2.30. The molecule has 0 fully saturated rings. The van der Waals surface area contributed by atoms with Crippen LogP contribution in [-0.2, 0) is 0 Å². The minimum absolute atomic E-state index is 0.0238. The normalized spacial score (nSPS) is 14.0. The van der Waals surface area contributed by atoms with Gasteiger partial charge >= 0.3 is 5.69 Å². The Bertz CT molecular complexity index is 1200. The number of nitrogens with one attached hydrogen (secondary N) is 1. The predicted octanol–water partition coefficient (Wildman–Crippen LogP) is 2.19. The van der Waals surface area contributed by atoms with Crippen molar-refractivity contribution in [1.82, 2.24) is 14.5 Å². The van der Waals surface area contributed by atoms with Gasteiger partial charge in [-0.15, -0.1) is 0 Å². The average Bonchev–Trinajstić information content (AvgIpc) is 3.01. The fourth-order valence-electron chi connectivity index (χ4n) is 2.87. The highest BCUT2D eigenvalue weighted by Crippen LogP contribution is 2.31. The highest BCUT2D eigenvalue weighted by molar-refractivity contribution is 6.21. The Kier molecular flexibility index (Phi) is 3.62. The number of aromatic amines is 1. The topological polar surface area (TPSA) is 100 Å². The van der Waals surface area contributed by atoms with Crippen LogP contribution in [0.4, 0.5) is 5.82 Å². The third kappa shape index (κ3) is 2.55. The van der Waals surface area contributed by atoms with E-state index >= 15 is 0 Å². The quantitative estimate of drug-likeness (QED) is 0.743. The fraction of sp³-hybridized carbons (Fsp3) is 0.0526. The molecular formula is C19H14N4O3. The van der Waals surface area contributed by atoms with E-state index in [2.05, 4.69) is 15.0 Å². The molecule has 7 nitrogen and oxygen atoms in total. The first kappa shape index (κ1) is 15.8. The summed E-state index contributed by atoms with van der Waals surface area (Å²) >= 11 is 0. The van der Waals surface area contributed by atoms with Crippen LogP contribution < -0.4 is 11.2 Å². The number of nitrogens with zero attached hydrogens (tertiary/aromatic N) is 3. The summed E-state index contributed by atoms with van der Waals surface area (Å²) in [5, 5.41) is 10.6. The molecule has 0 unspecified atom stereocenters. The van der Waals surface area contributed by atoms with Crippen molar-refractivity contribution < 1.29 is 5.11 Å². The Morgan fingerprint density at radius 2 is 2.04 bits per heavy atom. The van der Waals surface area contributed by atoms with Crippen LogP contribution in [0.15, 0.2) is 57.2 Å². The number of aliphatic imine (C=N–C) groups is 1. The number of rotatable bonds is 2. The van der Waals surface area contributed by atoms with Crippen LogP contribution in [-0.4, -0.2) is 25.9 Å². The van der Waals surface area contributed by atoms with Crippen molar-refractivity contribution >= 4 is 23.7 Å². The lowest BCUT2D eigenvalue weighted by atomic mass is 10.1. The predicted molar refractivity (Wildman–Crippen MR) is 99.3 cm³/mol. The zero-order valence-electron chi connectivity index (χ0n) is 13.8. The second-order valence-electron chi connectivity index (χ2n) is 5.90. The van der Waals surface area contributed by atoms with Crippen LogP contribution in [0.1, 0.15) is 16.7 Å². The molecule has 0 atom stereocenters. The molecule has 2 aromatic heterocycles. The number of pyridine rings is 1. The Hall–Kier alpha value is -3.74. The number of hydrogen-bond acceptors (Lipinski definition) is 5. The van der Waals surface area contributed by atoms with Crippen molar-refractivity contribution in [2.45, 2.75) is 6.92 Å². The molecule has 3 heterocycles. The summed E-state index contributed by atoms with van der Waals surface area (Å²) in [5.41, 5.74) is 1.36. The molecule has 26 heavy (non-hydrogen) atoms. The molecule has 0 amide bonds. The summed E-state index contributed by atoms with van der Waals surface area (Å²) < 4.78 is 1.07. The minimum Gasteiger partial charge on any atom is -0.494 e. The van der Waals surface area contributed by atoms with Crippen LogP contribution >= 0.6 is 0 Å². The summed E-state index contributed by atoms with van der Waals surface area (Å²) in [6, 6.07) is 10.7. The molecule has 3 aromatic rings. The van der Waals surface area contributed by atoms with E-state index in [1.807, 2.05) is 19.1 Å². The van der Waals surface area contributed by atoms with E-state index in [-0.39, 0.29) is 5.56 Å². The van der Waals surface area contributed by atoms with E-state index in [0.29, 0.717) is 17.1 Å². The summed E-state index contributed by atoms with van der Waals surface area (Å²) in [4.78, 5) is 35.1. The van der Waals surface area contributed by atoms with E-state index in [4.69, 9.17) is 0 Å². The average molecular weight is 346 g/mol. The monoisotopic (exact) mass is 346 g/mol. The summed E-state index contributed by atoms with van der Waals surface area (Å²) in [7, 11) is 0. The lowest BCUT2D eigenvalue weighted by Gasteiger charge is -2.10. The van der Waals surface area contributed by atoms with Gasteiger partial charge in [-0.1, -0.05) is 12.1 Å². The summed E-state index contributed by atoms with van der Waals surface area (Å²) in [6.45, 7) is 1.87. The molecule has 0 radical (unpaired) electrons. The van der Waals surface area contributed by atoms with Gasteiger partial charge < -0.3 is 5.11 Å². The molecular weight excluding hydrogens is 332 g/mol. The SMILES string of the molecule is Cc1cccc(-n2c(O)c(/C=C3\C=Nc4ncccc43)c(=O)[nH]c2=O)c1. The number of aromatic hydroxyl groups is 1. The van der Waals surface area contributed by atoms with Gasteiger partial charge in [-0.3, -0.25) is 9.78 Å². The van der Waals surface area contributed by atoms with Crippen molar-refractivity contribution in [2.24, 2.45) is 4.99 Å². The molecule has 0 aliphatic carbocycles. The molecule has 4 rings (SSSR count). The van der Waals surface area contributed by atoms with Gasteiger partial charge in [-0.2, -0.15) is 0 Å². The van der Waals surface area contributed by atoms with Gasteiger partial charge in [0.1, 0.15) is 5.56 Å². The fourth-order valence-corrected chi connectivity index (χ4v) is 2.87. The van der Waals surface area contributed by atoms with E-state index in [9.17, 15) is 14.7 Å². The first-order chi connectivity index (χ1) is 12.5. The minimum atomic E-state index is -0.706. The Morgan fingerprint density at radius 1 is 1.19 bits per heavy atom. The van der Waals surface area contributed by atoms with Crippen LogP contribution in [0.3, 0.4) is 0 Å². The second-order valence-corrected chi connectivity index (χ2v) is 5.90. The molecule has 0 bridgehead atoms. The zero-order valence-corrected chi connectivity index (χ0v) is 13.8. The number of fused-ring (bicyclic) bond motifs is 1. The van der Waals surface area contributed by atoms with Gasteiger partial charge in [0.25, 0.3) is 5.56 Å². The third-order valence-corrected chi connectivity index (χ3v) is 4.10. The molecule has 7 heteroatoms. The Morgan fingerprint density at radius 3 is 2.85 bits per heavy atom. The van der Waals surface area contributed by atoms with Gasteiger partial charge in [0.05, 0.1) is 5.69 Å². The van der Waals surface area contributed by atoms with Gasteiger partial charge in [0.15, 0.2) is 5.82 Å². The molecule has 2 N–H and O–H groups in total. The molecule has 0 saturated carbocycles. The summed E-state index contributed by atoms with van der Waals surface area (Å²) in [5.74, 6) is 0.115. The van der Waals surface area contributed by atoms with Crippen molar-refractivity contribution in [2.75, 3.05) is 0 Å². The van der Waals surface area contributed by atoms with Gasteiger partial charge in [-0.05, 0) is 42.8 Å². The smallest absolute Gasteiger partial charge is 0.335 e. The molecule has 1 aromatic carbocycles. The zero-order chi connectivity index (χ0) is 18.3. The maximum Gasteiger partial charge on any atom is 0.335 e. The standard InChI is InChI=1S/C19H14N4O3/c1-11-4-2-5-13(8-11)23-18(25)15(17(24)22-19(23)26)9-12-10-21-16-14(12)6-3-7-20-16/h2-10,25H,1H3,(H,22,24,26)/b12-9+. The van der Waals surface area contributed by atoms with Crippen molar-refractivity contribution in [1.29, 1.82) is 0 Å². The largest absolute Gasteiger partial charge is 0.494 e. The van der Waals surface area contributed by atoms with E-state index in [0.717, 1.165) is 15.7 Å². The Labute approximate surface area is 147 Å². The van der Waals surface area contributed by atoms with E-state index in [1.165, 1.54) is 6.08 Å². The number of H-pyrrole nitrogens is 1. The number of allylic oxidation sites excluding steroid dienone is 1. The summed E-state index contributed by atoms with van der Waals surface area (Å²) in [6.07, 6.45) is 4.69. The van der Waals surface area contributed by atoms with Crippen LogP contribution in [0.5, 0.6) is 5.88 Å². The number of benzene rings is 1. The van der Waals surface area contributed by atoms with E-state index in [1.54, 1.807) is 36.7 Å². The number of aryl methyl sites for hydroxylation is 1. The molecule has 1 aliphatic heterocycles. The van der Waals surface area contributed by atoms with Gasteiger partial charge in [0, 0.05) is 23.5 Å². The number of hydrogen-bond donors (Lipinski definition) is 2.